The van der Waals surface area contributed by atoms with Crippen molar-refractivity contribution in [2.75, 3.05) is 6.54 Å². The van der Waals surface area contributed by atoms with E-state index in [4.69, 9.17) is 5.73 Å². The number of hydrogen-bond acceptors (Lipinski definition) is 2. The molecule has 1 atom stereocenters. The van der Waals surface area contributed by atoms with Gasteiger partial charge in [0.1, 0.15) is 0 Å². The van der Waals surface area contributed by atoms with Crippen molar-refractivity contribution in [2.45, 2.75) is 32.3 Å². The molecule has 0 aliphatic carbocycles. The number of nitrogens with two attached hydrogens (primary N) is 1. The minimum atomic E-state index is -2.86. The third kappa shape index (κ3) is 3.75. The van der Waals surface area contributed by atoms with Gasteiger partial charge in [0.25, 0.3) is 5.92 Å². The smallest absolute Gasteiger partial charge is 0.273 e. The van der Waals surface area contributed by atoms with Crippen molar-refractivity contribution in [3.8, 4) is 0 Å². The Balaban J connectivity index is 2.98. The van der Waals surface area contributed by atoms with Gasteiger partial charge in [-0.25, -0.2) is 8.78 Å². The minimum Gasteiger partial charge on any atom is -0.387 e. The van der Waals surface area contributed by atoms with Gasteiger partial charge >= 0.3 is 0 Å². The van der Waals surface area contributed by atoms with Gasteiger partial charge in [0, 0.05) is 18.5 Å². The Morgan fingerprint density at radius 2 is 2.00 bits per heavy atom. The summed E-state index contributed by atoms with van der Waals surface area (Å²) in [5.74, 6) is -2.95. The lowest BCUT2D eigenvalue weighted by atomic mass is 9.96. The highest BCUT2D eigenvalue weighted by atomic mass is 19.3. The van der Waals surface area contributed by atoms with E-state index in [1.54, 1.807) is 19.9 Å². The molecular weight excluding hydrogens is 224 g/mol. The van der Waals surface area contributed by atoms with Crippen molar-refractivity contribution in [1.29, 1.82) is 0 Å². The van der Waals surface area contributed by atoms with Crippen LogP contribution in [0.5, 0.6) is 0 Å². The van der Waals surface area contributed by atoms with Crippen LogP contribution in [-0.4, -0.2) is 11.7 Å². The number of benzene rings is 1. The average molecular weight is 243 g/mol. The SMILES string of the molecule is CC(C)CC(F)(F)c1cccc(C(O)CN)c1. The normalized spacial score (nSPS) is 14.1. The van der Waals surface area contributed by atoms with Gasteiger partial charge in [0.05, 0.1) is 6.10 Å². The molecule has 3 N–H and O–H groups in total. The van der Waals surface area contributed by atoms with E-state index in [-0.39, 0.29) is 24.4 Å². The zero-order valence-electron chi connectivity index (χ0n) is 10.2. The lowest BCUT2D eigenvalue weighted by molar-refractivity contribution is -0.0251. The van der Waals surface area contributed by atoms with E-state index in [1.807, 2.05) is 0 Å². The molecular formula is C13H19F2NO. The van der Waals surface area contributed by atoms with Crippen LogP contribution in [0.25, 0.3) is 0 Å². The molecule has 0 heterocycles. The van der Waals surface area contributed by atoms with E-state index < -0.39 is 12.0 Å². The first-order valence-corrected chi connectivity index (χ1v) is 5.73. The molecule has 0 bridgehead atoms. The van der Waals surface area contributed by atoms with Crippen LogP contribution in [0.3, 0.4) is 0 Å². The van der Waals surface area contributed by atoms with Crippen molar-refractivity contribution in [3.63, 3.8) is 0 Å². The van der Waals surface area contributed by atoms with Crippen LogP contribution in [0, 0.1) is 5.92 Å². The molecule has 2 nitrogen and oxygen atoms in total. The summed E-state index contributed by atoms with van der Waals surface area (Å²) in [7, 11) is 0. The summed E-state index contributed by atoms with van der Waals surface area (Å²) in [4.78, 5) is 0. The molecule has 1 rings (SSSR count). The second kappa shape index (κ2) is 5.56. The van der Waals surface area contributed by atoms with Gasteiger partial charge in [-0.3, -0.25) is 0 Å². The molecule has 0 fully saturated rings. The lowest BCUT2D eigenvalue weighted by Crippen LogP contribution is -2.18. The van der Waals surface area contributed by atoms with Crippen LogP contribution in [0.4, 0.5) is 8.78 Å². The highest BCUT2D eigenvalue weighted by Gasteiger charge is 2.32. The van der Waals surface area contributed by atoms with E-state index in [0.717, 1.165) is 0 Å². The van der Waals surface area contributed by atoms with E-state index in [2.05, 4.69) is 0 Å². The van der Waals surface area contributed by atoms with Crippen LogP contribution < -0.4 is 5.73 Å². The zero-order chi connectivity index (χ0) is 13.1. The van der Waals surface area contributed by atoms with Crippen molar-refractivity contribution in [1.82, 2.24) is 0 Å². The summed E-state index contributed by atoms with van der Waals surface area (Å²) >= 11 is 0. The number of hydrogen-bond donors (Lipinski definition) is 2. The van der Waals surface area contributed by atoms with Gasteiger partial charge < -0.3 is 10.8 Å². The number of aliphatic hydroxyl groups is 1. The maximum absolute atomic E-state index is 13.8. The van der Waals surface area contributed by atoms with Crippen LogP contribution >= 0.6 is 0 Å². The Kier molecular flexibility index (Phi) is 4.60. The zero-order valence-corrected chi connectivity index (χ0v) is 10.2. The monoisotopic (exact) mass is 243 g/mol. The first kappa shape index (κ1) is 14.1. The Morgan fingerprint density at radius 1 is 1.35 bits per heavy atom. The van der Waals surface area contributed by atoms with Gasteiger partial charge in [0.15, 0.2) is 0 Å². The summed E-state index contributed by atoms with van der Waals surface area (Å²) in [6.07, 6.45) is -1.08. The van der Waals surface area contributed by atoms with E-state index in [1.165, 1.54) is 18.2 Å². The predicted molar refractivity (Wildman–Crippen MR) is 63.8 cm³/mol. The topological polar surface area (TPSA) is 46.2 Å². The molecule has 17 heavy (non-hydrogen) atoms. The quantitative estimate of drug-likeness (QED) is 0.835. The fraction of sp³-hybridized carbons (Fsp3) is 0.538. The third-order valence-corrected chi connectivity index (χ3v) is 2.58. The number of halogens is 2. The first-order chi connectivity index (χ1) is 7.86. The largest absolute Gasteiger partial charge is 0.387 e. The van der Waals surface area contributed by atoms with Gasteiger partial charge in [-0.1, -0.05) is 32.0 Å². The summed E-state index contributed by atoms with van der Waals surface area (Å²) < 4.78 is 27.7. The molecule has 0 saturated heterocycles. The Morgan fingerprint density at radius 3 is 2.53 bits per heavy atom. The van der Waals surface area contributed by atoms with Crippen LogP contribution in [0.1, 0.15) is 37.5 Å². The molecule has 1 aromatic rings. The van der Waals surface area contributed by atoms with Gasteiger partial charge in [-0.2, -0.15) is 0 Å². The Bertz CT molecular complexity index is 366. The van der Waals surface area contributed by atoms with E-state index in [9.17, 15) is 13.9 Å². The summed E-state index contributed by atoms with van der Waals surface area (Å²) in [5, 5.41) is 9.53. The lowest BCUT2D eigenvalue weighted by Gasteiger charge is -2.20. The highest BCUT2D eigenvalue weighted by molar-refractivity contribution is 5.28. The summed E-state index contributed by atoms with van der Waals surface area (Å²) in [6, 6.07) is 5.85. The molecule has 96 valence electrons. The molecule has 0 amide bonds. The fourth-order valence-corrected chi connectivity index (χ4v) is 1.74. The molecule has 0 radical (unpaired) electrons. The standard InChI is InChI=1S/C13H19F2NO/c1-9(2)7-13(14,15)11-5-3-4-10(6-11)12(17)8-16/h3-6,9,12,17H,7-8,16H2,1-2H3. The molecule has 0 aliphatic heterocycles. The van der Waals surface area contributed by atoms with Crippen molar-refractivity contribution >= 4 is 0 Å². The molecule has 4 heteroatoms. The second-order valence-electron chi connectivity index (χ2n) is 4.68. The highest BCUT2D eigenvalue weighted by Crippen LogP contribution is 2.35. The van der Waals surface area contributed by atoms with Crippen LogP contribution in [0.2, 0.25) is 0 Å². The van der Waals surface area contributed by atoms with Crippen LogP contribution in [-0.2, 0) is 5.92 Å². The maximum Gasteiger partial charge on any atom is 0.273 e. The number of rotatable bonds is 5. The van der Waals surface area contributed by atoms with E-state index >= 15 is 0 Å². The molecule has 1 aromatic carbocycles. The second-order valence-corrected chi connectivity index (χ2v) is 4.68. The third-order valence-electron chi connectivity index (χ3n) is 2.58. The predicted octanol–water partition coefficient (Wildman–Crippen LogP) is 2.82. The average Bonchev–Trinajstić information content (AvgIpc) is 2.26. The van der Waals surface area contributed by atoms with Crippen molar-refractivity contribution in [3.05, 3.63) is 35.4 Å². The van der Waals surface area contributed by atoms with Crippen molar-refractivity contribution in [2.24, 2.45) is 11.7 Å². The maximum atomic E-state index is 13.8. The van der Waals surface area contributed by atoms with Gasteiger partial charge in [-0.05, 0) is 17.5 Å². The number of alkyl halides is 2. The Labute approximate surface area is 100 Å². The number of aliphatic hydroxyl groups excluding tert-OH is 1. The van der Waals surface area contributed by atoms with Crippen molar-refractivity contribution < 1.29 is 13.9 Å². The molecule has 0 saturated carbocycles. The van der Waals surface area contributed by atoms with E-state index in [0.29, 0.717) is 5.56 Å². The van der Waals surface area contributed by atoms with Gasteiger partial charge in [-0.15, -0.1) is 0 Å². The molecule has 0 aliphatic rings. The Hall–Kier alpha value is -1.00. The molecule has 0 spiro atoms. The summed E-state index contributed by atoms with van der Waals surface area (Å²) in [6.45, 7) is 3.54. The van der Waals surface area contributed by atoms with Gasteiger partial charge in [0.2, 0.25) is 0 Å². The molecule has 1 unspecified atom stereocenters. The molecule has 0 aromatic heterocycles. The summed E-state index contributed by atoms with van der Waals surface area (Å²) in [5.41, 5.74) is 5.69. The first-order valence-electron chi connectivity index (χ1n) is 5.73. The fourth-order valence-electron chi connectivity index (χ4n) is 1.74. The minimum absolute atomic E-state index is 0.0270. The van der Waals surface area contributed by atoms with Crippen LogP contribution in [0.15, 0.2) is 24.3 Å².